The Morgan fingerprint density at radius 2 is 1.89 bits per heavy atom. The average Bonchev–Trinajstić information content (AvgIpc) is 2.84. The second-order valence-electron chi connectivity index (χ2n) is 5.79. The lowest BCUT2D eigenvalue weighted by Crippen LogP contribution is -2.52. The Kier molecular flexibility index (Phi) is 3.99. The van der Waals surface area contributed by atoms with E-state index in [1.165, 1.54) is 0 Å². The Hall–Kier alpha value is -0.200. The topological polar surface area (TPSA) is 68.2 Å². The van der Waals surface area contributed by atoms with Crippen molar-refractivity contribution in [2.45, 2.75) is 69.2 Å². The number of aliphatic hydroxyl groups excluding tert-OH is 1. The first-order valence-electron chi connectivity index (χ1n) is 6.63. The molecular weight excluding hydrogens is 236 g/mol. The third kappa shape index (κ3) is 2.56. The van der Waals surface area contributed by atoms with Gasteiger partial charge in [-0.2, -0.15) is 0 Å². The zero-order valence-corrected chi connectivity index (χ0v) is 11.4. The summed E-state index contributed by atoms with van der Waals surface area (Å²) in [5, 5.41) is 20.1. The highest BCUT2D eigenvalue weighted by Gasteiger charge is 2.52. The van der Waals surface area contributed by atoms with E-state index in [1.807, 2.05) is 0 Å². The molecule has 2 rings (SSSR count). The van der Waals surface area contributed by atoms with Crippen molar-refractivity contribution < 1.29 is 24.4 Å². The molecule has 0 aromatic carbocycles. The minimum atomic E-state index is -0.864. The molecule has 1 aliphatic heterocycles. The Morgan fingerprint density at radius 3 is 2.39 bits per heavy atom. The van der Waals surface area contributed by atoms with Crippen molar-refractivity contribution in [1.82, 2.24) is 0 Å². The van der Waals surface area contributed by atoms with Crippen molar-refractivity contribution in [2.24, 2.45) is 0 Å². The van der Waals surface area contributed by atoms with Crippen LogP contribution in [0, 0.1) is 0 Å². The number of rotatable bonds is 4. The van der Waals surface area contributed by atoms with E-state index in [1.54, 1.807) is 21.0 Å². The van der Waals surface area contributed by atoms with E-state index < -0.39 is 29.7 Å². The van der Waals surface area contributed by atoms with Gasteiger partial charge in [-0.1, -0.05) is 12.8 Å². The molecule has 3 atom stereocenters. The number of methoxy groups -OCH3 is 1. The summed E-state index contributed by atoms with van der Waals surface area (Å²) in [5.41, 5.74) is -0.864. The van der Waals surface area contributed by atoms with Gasteiger partial charge in [-0.05, 0) is 26.7 Å². The van der Waals surface area contributed by atoms with E-state index in [9.17, 15) is 10.2 Å². The molecule has 1 heterocycles. The predicted octanol–water partition coefficient (Wildman–Crippen LogP) is 0.819. The minimum absolute atomic E-state index is 0.135. The molecule has 1 aliphatic carbocycles. The molecule has 2 N–H and O–H groups in total. The van der Waals surface area contributed by atoms with Gasteiger partial charge < -0.3 is 24.4 Å². The molecule has 0 spiro atoms. The first-order valence-corrected chi connectivity index (χ1v) is 6.63. The van der Waals surface area contributed by atoms with Gasteiger partial charge in [0.05, 0.1) is 12.2 Å². The van der Waals surface area contributed by atoms with E-state index in [4.69, 9.17) is 14.2 Å². The largest absolute Gasteiger partial charge is 0.394 e. The van der Waals surface area contributed by atoms with Crippen molar-refractivity contribution in [3.63, 3.8) is 0 Å². The standard InChI is InChI=1S/C13H24O5/c1-12(2)17-9(8-14)10(18-12)11(16-3)13(15)6-4-5-7-13/h9-11,14-15H,4-8H2,1-3H3/t9-,10+,11+/m1/s1. The summed E-state index contributed by atoms with van der Waals surface area (Å²) in [4.78, 5) is 0. The van der Waals surface area contributed by atoms with Gasteiger partial charge in [-0.3, -0.25) is 0 Å². The summed E-state index contributed by atoms with van der Waals surface area (Å²) >= 11 is 0. The number of hydrogen-bond acceptors (Lipinski definition) is 5. The van der Waals surface area contributed by atoms with Gasteiger partial charge in [0.15, 0.2) is 5.79 Å². The van der Waals surface area contributed by atoms with Crippen molar-refractivity contribution in [1.29, 1.82) is 0 Å². The van der Waals surface area contributed by atoms with Crippen LogP contribution in [0.15, 0.2) is 0 Å². The zero-order valence-electron chi connectivity index (χ0n) is 11.4. The molecule has 0 bridgehead atoms. The molecule has 2 fully saturated rings. The molecule has 1 saturated heterocycles. The number of aliphatic hydroxyl groups is 2. The molecule has 0 radical (unpaired) electrons. The van der Waals surface area contributed by atoms with Crippen molar-refractivity contribution in [2.75, 3.05) is 13.7 Å². The zero-order chi connectivity index (χ0) is 13.4. The smallest absolute Gasteiger partial charge is 0.164 e. The number of hydrogen-bond donors (Lipinski definition) is 2. The first kappa shape index (κ1) is 14.2. The van der Waals surface area contributed by atoms with Gasteiger partial charge in [-0.25, -0.2) is 0 Å². The molecule has 0 amide bonds. The van der Waals surface area contributed by atoms with Gasteiger partial charge in [0.2, 0.25) is 0 Å². The molecule has 0 unspecified atom stereocenters. The van der Waals surface area contributed by atoms with Crippen LogP contribution in [0.1, 0.15) is 39.5 Å². The first-order chi connectivity index (χ1) is 8.42. The molecule has 5 nitrogen and oxygen atoms in total. The highest BCUT2D eigenvalue weighted by molar-refractivity contribution is 5.00. The molecule has 5 heteroatoms. The van der Waals surface area contributed by atoms with Gasteiger partial charge in [0, 0.05) is 7.11 Å². The maximum atomic E-state index is 10.7. The summed E-state index contributed by atoms with van der Waals surface area (Å²) < 4.78 is 16.9. The Labute approximate surface area is 108 Å². The molecule has 106 valence electrons. The summed E-state index contributed by atoms with van der Waals surface area (Å²) in [7, 11) is 1.57. The van der Waals surface area contributed by atoms with E-state index in [2.05, 4.69) is 0 Å². The normalized spacial score (nSPS) is 35.8. The molecule has 0 aromatic rings. The van der Waals surface area contributed by atoms with Crippen LogP contribution in [0.3, 0.4) is 0 Å². The maximum absolute atomic E-state index is 10.7. The summed E-state index contributed by atoms with van der Waals surface area (Å²) in [6, 6.07) is 0. The van der Waals surface area contributed by atoms with Crippen LogP contribution in [-0.2, 0) is 14.2 Å². The lowest BCUT2D eigenvalue weighted by atomic mass is 9.88. The predicted molar refractivity (Wildman–Crippen MR) is 65.1 cm³/mol. The van der Waals surface area contributed by atoms with Crippen LogP contribution in [0.2, 0.25) is 0 Å². The van der Waals surface area contributed by atoms with Crippen molar-refractivity contribution in [3.8, 4) is 0 Å². The Balaban J connectivity index is 2.16. The lowest BCUT2D eigenvalue weighted by Gasteiger charge is -2.36. The van der Waals surface area contributed by atoms with Crippen molar-refractivity contribution >= 4 is 0 Å². The van der Waals surface area contributed by atoms with Crippen LogP contribution in [0.25, 0.3) is 0 Å². The molecule has 0 aromatic heterocycles. The highest BCUT2D eigenvalue weighted by Crippen LogP contribution is 2.40. The van der Waals surface area contributed by atoms with Crippen LogP contribution >= 0.6 is 0 Å². The monoisotopic (exact) mass is 260 g/mol. The Bertz CT molecular complexity index is 285. The fourth-order valence-electron chi connectivity index (χ4n) is 3.19. The molecular formula is C13H24O5. The SMILES string of the molecule is CO[C@@H]([C@H]1OC(C)(C)O[C@@H]1CO)C1(O)CCCC1. The molecule has 1 saturated carbocycles. The second kappa shape index (κ2) is 5.06. The Morgan fingerprint density at radius 1 is 1.28 bits per heavy atom. The average molecular weight is 260 g/mol. The van der Waals surface area contributed by atoms with Gasteiger partial charge in [0.1, 0.15) is 18.3 Å². The van der Waals surface area contributed by atoms with Crippen molar-refractivity contribution in [3.05, 3.63) is 0 Å². The summed E-state index contributed by atoms with van der Waals surface area (Å²) in [5.74, 6) is -0.746. The quantitative estimate of drug-likeness (QED) is 0.783. The van der Waals surface area contributed by atoms with Crippen LogP contribution < -0.4 is 0 Å². The number of ether oxygens (including phenoxy) is 3. The van der Waals surface area contributed by atoms with Crippen LogP contribution in [-0.4, -0.2) is 53.6 Å². The van der Waals surface area contributed by atoms with E-state index >= 15 is 0 Å². The van der Waals surface area contributed by atoms with Crippen LogP contribution in [0.4, 0.5) is 0 Å². The van der Waals surface area contributed by atoms with Crippen LogP contribution in [0.5, 0.6) is 0 Å². The molecule has 2 aliphatic rings. The van der Waals surface area contributed by atoms with Gasteiger partial charge in [0.25, 0.3) is 0 Å². The summed E-state index contributed by atoms with van der Waals surface area (Å²) in [6.45, 7) is 3.48. The highest BCUT2D eigenvalue weighted by atomic mass is 16.8. The molecule has 18 heavy (non-hydrogen) atoms. The summed E-state index contributed by atoms with van der Waals surface area (Å²) in [6.07, 6.45) is 2.08. The minimum Gasteiger partial charge on any atom is -0.394 e. The third-order valence-electron chi connectivity index (χ3n) is 3.95. The van der Waals surface area contributed by atoms with Gasteiger partial charge >= 0.3 is 0 Å². The third-order valence-corrected chi connectivity index (χ3v) is 3.95. The van der Waals surface area contributed by atoms with E-state index in [0.717, 1.165) is 12.8 Å². The fraction of sp³-hybridized carbons (Fsp3) is 1.00. The van der Waals surface area contributed by atoms with E-state index in [-0.39, 0.29) is 6.61 Å². The fourth-order valence-corrected chi connectivity index (χ4v) is 3.19. The lowest BCUT2D eigenvalue weighted by molar-refractivity contribution is -0.183. The van der Waals surface area contributed by atoms with E-state index in [0.29, 0.717) is 12.8 Å². The van der Waals surface area contributed by atoms with Gasteiger partial charge in [-0.15, -0.1) is 0 Å². The second-order valence-corrected chi connectivity index (χ2v) is 5.79. The maximum Gasteiger partial charge on any atom is 0.164 e.